The number of nitrogens with one attached hydrogen (secondary N) is 1. The smallest absolute Gasteiger partial charge is 0.340 e. The van der Waals surface area contributed by atoms with Gasteiger partial charge in [-0.05, 0) is 6.42 Å². The summed E-state index contributed by atoms with van der Waals surface area (Å²) in [6.07, 6.45) is 0.444. The van der Waals surface area contributed by atoms with Gasteiger partial charge in [-0.3, -0.25) is 0 Å². The second kappa shape index (κ2) is 7.75. The second-order valence-corrected chi connectivity index (χ2v) is 2.58. The van der Waals surface area contributed by atoms with E-state index in [0.29, 0.717) is 18.0 Å². The molecule has 13 heavy (non-hydrogen) atoms. The number of urea groups is 1. The van der Waals surface area contributed by atoms with E-state index in [9.17, 15) is 9.70 Å². The number of nitrogens with zero attached hydrogens (tertiary/aromatic N) is 2. The molecule has 0 unspecified atom stereocenters. The lowest BCUT2D eigenvalue weighted by Gasteiger charge is -2.11. The molecule has 76 valence electrons. The predicted octanol–water partition coefficient (Wildman–Crippen LogP) is 0.301. The second-order valence-electron chi connectivity index (χ2n) is 2.20. The Morgan fingerprint density at radius 2 is 2.31 bits per heavy atom. The summed E-state index contributed by atoms with van der Waals surface area (Å²) >= 11 is 5.32. The normalized spacial score (nSPS) is 9.38. The fourth-order valence-electron chi connectivity index (χ4n) is 0.625. The van der Waals surface area contributed by atoms with E-state index < -0.39 is 6.03 Å². The van der Waals surface area contributed by atoms with Crippen molar-refractivity contribution in [2.24, 2.45) is 5.29 Å². The molecule has 0 saturated carbocycles. The van der Waals surface area contributed by atoms with E-state index in [-0.39, 0.29) is 19.0 Å². The first-order valence-electron chi connectivity index (χ1n) is 3.81. The number of rotatable bonds is 6. The van der Waals surface area contributed by atoms with Gasteiger partial charge in [-0.1, -0.05) is 0 Å². The van der Waals surface area contributed by atoms with Crippen LogP contribution in [0.5, 0.6) is 0 Å². The van der Waals surface area contributed by atoms with Crippen molar-refractivity contribution in [1.82, 2.24) is 10.3 Å². The van der Waals surface area contributed by atoms with E-state index in [0.717, 1.165) is 0 Å². The van der Waals surface area contributed by atoms with Crippen LogP contribution in [0.3, 0.4) is 0 Å². The molecule has 6 nitrogen and oxygen atoms in total. The lowest BCUT2D eigenvalue weighted by molar-refractivity contribution is 0.200. The molecule has 0 saturated heterocycles. The standard InChI is InChI=1S/C6H12ClN3O3/c7-2-4-10(9-13)6(12)8-3-1-5-11/h11H,1-5H2,(H,8,12). The van der Waals surface area contributed by atoms with Crippen LogP contribution in [0.1, 0.15) is 6.42 Å². The minimum absolute atomic E-state index is 0.00962. The van der Waals surface area contributed by atoms with Gasteiger partial charge in [0.05, 0.1) is 11.8 Å². The van der Waals surface area contributed by atoms with Gasteiger partial charge in [0.1, 0.15) is 0 Å². The van der Waals surface area contributed by atoms with Gasteiger partial charge in [-0.2, -0.15) is 5.01 Å². The van der Waals surface area contributed by atoms with Crippen LogP contribution in [0.15, 0.2) is 5.29 Å². The molecular weight excluding hydrogens is 198 g/mol. The van der Waals surface area contributed by atoms with Gasteiger partial charge in [0.25, 0.3) is 0 Å². The van der Waals surface area contributed by atoms with E-state index >= 15 is 0 Å². The third kappa shape index (κ3) is 5.37. The average molecular weight is 210 g/mol. The molecule has 0 fully saturated rings. The SMILES string of the molecule is O=NN(CCCl)C(=O)NCCCO. The molecule has 7 heteroatoms. The molecule has 0 bridgehead atoms. The molecule has 0 spiro atoms. The van der Waals surface area contributed by atoms with Gasteiger partial charge in [-0.15, -0.1) is 16.5 Å². The van der Waals surface area contributed by atoms with E-state index in [1.807, 2.05) is 0 Å². The van der Waals surface area contributed by atoms with Crippen molar-refractivity contribution in [2.75, 3.05) is 25.6 Å². The summed E-state index contributed by atoms with van der Waals surface area (Å²) in [7, 11) is 0. The first kappa shape index (κ1) is 12.1. The van der Waals surface area contributed by atoms with Crippen molar-refractivity contribution >= 4 is 17.6 Å². The molecule has 0 aromatic rings. The molecule has 2 amide bonds. The fraction of sp³-hybridized carbons (Fsp3) is 0.833. The molecule has 0 radical (unpaired) electrons. The van der Waals surface area contributed by atoms with Gasteiger partial charge in [-0.25, -0.2) is 4.79 Å². The lowest BCUT2D eigenvalue weighted by atomic mass is 10.4. The topological polar surface area (TPSA) is 82.0 Å². The third-order valence-corrected chi connectivity index (χ3v) is 1.41. The van der Waals surface area contributed by atoms with E-state index in [1.165, 1.54) is 0 Å². The van der Waals surface area contributed by atoms with Gasteiger partial charge >= 0.3 is 6.03 Å². The number of aliphatic hydroxyl groups excluding tert-OH is 1. The molecule has 0 rings (SSSR count). The number of alkyl halides is 1. The molecule has 0 aromatic carbocycles. The summed E-state index contributed by atoms with van der Waals surface area (Å²) in [5, 5.41) is 14.0. The van der Waals surface area contributed by atoms with Gasteiger partial charge in [0.15, 0.2) is 0 Å². The van der Waals surface area contributed by atoms with Gasteiger partial charge in [0.2, 0.25) is 0 Å². The minimum atomic E-state index is -0.593. The van der Waals surface area contributed by atoms with Crippen LogP contribution in [-0.4, -0.2) is 41.7 Å². The predicted molar refractivity (Wildman–Crippen MR) is 48.3 cm³/mol. The van der Waals surface area contributed by atoms with Crippen molar-refractivity contribution in [1.29, 1.82) is 0 Å². The van der Waals surface area contributed by atoms with E-state index in [1.54, 1.807) is 0 Å². The van der Waals surface area contributed by atoms with Crippen molar-refractivity contribution < 1.29 is 9.90 Å². The number of amides is 2. The molecule has 0 aliphatic heterocycles. The van der Waals surface area contributed by atoms with Crippen molar-refractivity contribution in [3.8, 4) is 0 Å². The van der Waals surface area contributed by atoms with Crippen LogP contribution in [0.2, 0.25) is 0 Å². The molecule has 2 N–H and O–H groups in total. The summed E-state index contributed by atoms with van der Waals surface area (Å²) in [5.41, 5.74) is 0. The zero-order valence-electron chi connectivity index (χ0n) is 7.07. The maximum atomic E-state index is 11.0. The van der Waals surface area contributed by atoms with E-state index in [4.69, 9.17) is 16.7 Å². The summed E-state index contributed by atoms with van der Waals surface area (Å²) < 4.78 is 0. The summed E-state index contributed by atoms with van der Waals surface area (Å²) in [6.45, 7) is 0.379. The highest BCUT2D eigenvalue weighted by atomic mass is 35.5. The number of nitroso groups, excluding NO2 is 1. The van der Waals surface area contributed by atoms with Crippen molar-refractivity contribution in [3.63, 3.8) is 0 Å². The highest BCUT2D eigenvalue weighted by Gasteiger charge is 2.11. The summed E-state index contributed by atoms with van der Waals surface area (Å²) in [6, 6.07) is -0.593. The monoisotopic (exact) mass is 209 g/mol. The molecule has 0 atom stereocenters. The summed E-state index contributed by atoms with van der Waals surface area (Å²) in [5.74, 6) is 0.152. The van der Waals surface area contributed by atoms with Crippen LogP contribution in [-0.2, 0) is 0 Å². The average Bonchev–Trinajstić information content (AvgIpc) is 2.14. The Balaban J connectivity index is 3.70. The molecular formula is C6H12ClN3O3. The molecule has 0 aromatic heterocycles. The summed E-state index contributed by atoms with van der Waals surface area (Å²) in [4.78, 5) is 21.1. The first-order valence-corrected chi connectivity index (χ1v) is 4.35. The van der Waals surface area contributed by atoms with E-state index in [2.05, 4.69) is 10.6 Å². The van der Waals surface area contributed by atoms with Crippen LogP contribution in [0.25, 0.3) is 0 Å². The fourth-order valence-corrected chi connectivity index (χ4v) is 0.785. The van der Waals surface area contributed by atoms with Crippen molar-refractivity contribution in [2.45, 2.75) is 6.42 Å². The Morgan fingerprint density at radius 3 is 2.77 bits per heavy atom. The number of hydrogen-bond acceptors (Lipinski definition) is 4. The van der Waals surface area contributed by atoms with Gasteiger partial charge < -0.3 is 10.4 Å². The lowest BCUT2D eigenvalue weighted by Crippen LogP contribution is -2.37. The van der Waals surface area contributed by atoms with Crippen LogP contribution in [0.4, 0.5) is 4.79 Å². The maximum absolute atomic E-state index is 11.0. The Labute approximate surface area is 80.8 Å². The zero-order valence-corrected chi connectivity index (χ0v) is 7.83. The number of halogens is 1. The molecule has 0 aliphatic rings. The van der Waals surface area contributed by atoms with Gasteiger partial charge in [0, 0.05) is 19.0 Å². The number of aliphatic hydroxyl groups is 1. The Morgan fingerprint density at radius 1 is 1.62 bits per heavy atom. The number of carbonyl (C=O) groups excluding carboxylic acids is 1. The number of hydrogen-bond donors (Lipinski definition) is 2. The first-order chi connectivity index (χ1) is 6.26. The third-order valence-electron chi connectivity index (χ3n) is 1.24. The minimum Gasteiger partial charge on any atom is -0.396 e. The quantitative estimate of drug-likeness (QED) is 0.286. The Kier molecular flexibility index (Phi) is 7.23. The largest absolute Gasteiger partial charge is 0.396 e. The van der Waals surface area contributed by atoms with Crippen LogP contribution >= 0.6 is 11.6 Å². The Hall–Kier alpha value is -0.880. The van der Waals surface area contributed by atoms with Crippen LogP contribution in [0, 0.1) is 4.91 Å². The zero-order chi connectivity index (χ0) is 10.1. The van der Waals surface area contributed by atoms with Crippen LogP contribution < -0.4 is 5.32 Å². The number of carbonyl (C=O) groups is 1. The Bertz CT molecular complexity index is 167. The van der Waals surface area contributed by atoms with Crippen molar-refractivity contribution in [3.05, 3.63) is 4.91 Å². The maximum Gasteiger partial charge on any atom is 0.340 e. The highest BCUT2D eigenvalue weighted by Crippen LogP contribution is 1.91. The highest BCUT2D eigenvalue weighted by molar-refractivity contribution is 6.18. The molecule has 0 aliphatic carbocycles. The molecule has 0 heterocycles.